The summed E-state index contributed by atoms with van der Waals surface area (Å²) in [4.78, 5) is 20.6. The third-order valence-electron chi connectivity index (χ3n) is 5.06. The lowest BCUT2D eigenvalue weighted by molar-refractivity contribution is -0.596. The van der Waals surface area contributed by atoms with Gasteiger partial charge in [-0.15, -0.1) is 0 Å². The molecule has 1 aromatic carbocycles. The van der Waals surface area contributed by atoms with Gasteiger partial charge in [-0.25, -0.2) is 9.37 Å². The summed E-state index contributed by atoms with van der Waals surface area (Å²) < 4.78 is 16.0. The molecule has 144 valence electrons. The van der Waals surface area contributed by atoms with E-state index in [1.165, 1.54) is 12.3 Å². The molecule has 0 aliphatic carbocycles. The largest absolute Gasteiger partial charge is 0.321 e. The fourth-order valence-electron chi connectivity index (χ4n) is 3.69. The molecule has 0 spiro atoms. The fraction of sp³-hybridized carbons (Fsp3) is 0.0455. The summed E-state index contributed by atoms with van der Waals surface area (Å²) in [6.07, 6.45) is 5.00. The molecule has 5 rings (SSSR count). The highest BCUT2D eigenvalue weighted by atomic mass is 19.1. The summed E-state index contributed by atoms with van der Waals surface area (Å²) >= 11 is 0. The standard InChI is InChI=1S/C22H13FN6O/c1-12-9-16-20(26-17(12)10-24)18(13-5-6-15(23)19-14(13)11-25-28-19)21(22(30)27-16)29-7-3-2-4-8-29/h2-9,11H,1H3,(H-,25,27,28,30)/p+1. The summed E-state index contributed by atoms with van der Waals surface area (Å²) in [5.74, 6) is -0.448. The molecule has 4 aromatic heterocycles. The van der Waals surface area contributed by atoms with Gasteiger partial charge in [0, 0.05) is 23.1 Å². The highest BCUT2D eigenvalue weighted by Gasteiger charge is 2.26. The number of nitrogens with one attached hydrogen (secondary N) is 2. The van der Waals surface area contributed by atoms with Crippen LogP contribution in [0.5, 0.6) is 0 Å². The number of rotatable bonds is 2. The van der Waals surface area contributed by atoms with Gasteiger partial charge in [0.15, 0.2) is 12.4 Å². The summed E-state index contributed by atoms with van der Waals surface area (Å²) in [5.41, 5.74) is 3.14. The van der Waals surface area contributed by atoms with E-state index in [1.54, 1.807) is 48.1 Å². The molecule has 0 aliphatic rings. The predicted molar refractivity (Wildman–Crippen MR) is 108 cm³/mol. The maximum absolute atomic E-state index is 14.3. The number of hydrogen-bond donors (Lipinski definition) is 2. The zero-order chi connectivity index (χ0) is 20.8. The molecular weight excluding hydrogens is 383 g/mol. The minimum Gasteiger partial charge on any atom is -0.315 e. The minimum absolute atomic E-state index is 0.234. The second kappa shape index (κ2) is 6.60. The Kier molecular flexibility index (Phi) is 3.89. The molecule has 0 bridgehead atoms. The number of pyridine rings is 3. The van der Waals surface area contributed by atoms with Gasteiger partial charge in [-0.2, -0.15) is 14.9 Å². The van der Waals surface area contributed by atoms with Crippen LogP contribution in [0, 0.1) is 24.1 Å². The van der Waals surface area contributed by atoms with Crippen molar-refractivity contribution in [2.75, 3.05) is 0 Å². The van der Waals surface area contributed by atoms with Crippen LogP contribution in [0.1, 0.15) is 11.3 Å². The topological polar surface area (TPSA) is 102 Å². The second-order valence-corrected chi connectivity index (χ2v) is 6.88. The van der Waals surface area contributed by atoms with Crippen LogP contribution >= 0.6 is 0 Å². The van der Waals surface area contributed by atoms with E-state index in [1.807, 2.05) is 6.07 Å². The second-order valence-electron chi connectivity index (χ2n) is 6.88. The fourth-order valence-corrected chi connectivity index (χ4v) is 3.69. The van der Waals surface area contributed by atoms with Crippen LogP contribution < -0.4 is 10.1 Å². The van der Waals surface area contributed by atoms with Crippen LogP contribution in [0.4, 0.5) is 4.39 Å². The van der Waals surface area contributed by atoms with E-state index in [0.29, 0.717) is 38.8 Å². The first-order valence-corrected chi connectivity index (χ1v) is 9.15. The Morgan fingerprint density at radius 1 is 1.20 bits per heavy atom. The van der Waals surface area contributed by atoms with Crippen LogP contribution in [0.3, 0.4) is 0 Å². The van der Waals surface area contributed by atoms with Crippen LogP contribution in [0.25, 0.3) is 38.8 Å². The molecule has 30 heavy (non-hydrogen) atoms. The Balaban J connectivity index is 2.02. The van der Waals surface area contributed by atoms with Crippen molar-refractivity contribution in [3.8, 4) is 22.9 Å². The lowest BCUT2D eigenvalue weighted by atomic mass is 9.98. The van der Waals surface area contributed by atoms with Crippen molar-refractivity contribution >= 4 is 21.9 Å². The van der Waals surface area contributed by atoms with Crippen molar-refractivity contribution in [1.29, 1.82) is 5.26 Å². The molecule has 0 saturated carbocycles. The summed E-state index contributed by atoms with van der Waals surface area (Å²) in [5, 5.41) is 16.6. The smallest absolute Gasteiger partial charge is 0.315 e. The number of H-pyrrole nitrogens is 2. The monoisotopic (exact) mass is 397 g/mol. The molecule has 0 amide bonds. The van der Waals surface area contributed by atoms with Crippen molar-refractivity contribution < 1.29 is 8.96 Å². The predicted octanol–water partition coefficient (Wildman–Crippen LogP) is 3.06. The molecule has 4 heterocycles. The Labute approximate surface area is 169 Å². The van der Waals surface area contributed by atoms with Gasteiger partial charge in [-0.3, -0.25) is 9.89 Å². The Bertz CT molecular complexity index is 1550. The molecule has 0 radical (unpaired) electrons. The zero-order valence-electron chi connectivity index (χ0n) is 15.8. The lowest BCUT2D eigenvalue weighted by Crippen LogP contribution is -2.37. The summed E-state index contributed by atoms with van der Waals surface area (Å²) in [6, 6.07) is 12.2. The van der Waals surface area contributed by atoms with Crippen LogP contribution in [0.15, 0.2) is 59.8 Å². The molecule has 7 nitrogen and oxygen atoms in total. The van der Waals surface area contributed by atoms with Crippen molar-refractivity contribution in [3.63, 3.8) is 0 Å². The van der Waals surface area contributed by atoms with E-state index >= 15 is 0 Å². The molecule has 0 fully saturated rings. The highest BCUT2D eigenvalue weighted by molar-refractivity contribution is 6.04. The van der Waals surface area contributed by atoms with Gasteiger partial charge in [-0.1, -0.05) is 12.1 Å². The lowest BCUT2D eigenvalue weighted by Gasteiger charge is -2.11. The van der Waals surface area contributed by atoms with Crippen molar-refractivity contribution in [2.24, 2.45) is 0 Å². The summed E-state index contributed by atoms with van der Waals surface area (Å²) in [6.45, 7) is 1.76. The molecule has 0 unspecified atom stereocenters. The van der Waals surface area contributed by atoms with E-state index in [4.69, 9.17) is 0 Å². The Hall–Kier alpha value is -4.38. The van der Waals surface area contributed by atoms with Gasteiger partial charge < -0.3 is 4.98 Å². The zero-order valence-corrected chi connectivity index (χ0v) is 15.8. The SMILES string of the molecule is Cc1cc2[nH]c(=O)c(-[n+]3ccccc3)c(-c3ccc(F)c4[nH]ncc34)c2nc1C#N. The van der Waals surface area contributed by atoms with Crippen molar-refractivity contribution in [1.82, 2.24) is 20.2 Å². The maximum Gasteiger partial charge on any atom is 0.321 e. The minimum atomic E-state index is -0.448. The number of aryl methyl sites for hydroxylation is 1. The number of aromatic amines is 2. The van der Waals surface area contributed by atoms with Gasteiger partial charge in [0.1, 0.15) is 28.6 Å². The van der Waals surface area contributed by atoms with E-state index in [9.17, 15) is 14.4 Å². The van der Waals surface area contributed by atoms with Crippen LogP contribution in [0.2, 0.25) is 0 Å². The normalized spacial score (nSPS) is 11.1. The maximum atomic E-state index is 14.3. The van der Waals surface area contributed by atoms with E-state index in [0.717, 1.165) is 0 Å². The van der Waals surface area contributed by atoms with Crippen LogP contribution in [-0.2, 0) is 0 Å². The summed E-state index contributed by atoms with van der Waals surface area (Å²) in [7, 11) is 0. The third kappa shape index (κ3) is 2.57. The first-order valence-electron chi connectivity index (χ1n) is 9.15. The Morgan fingerprint density at radius 2 is 2.00 bits per heavy atom. The van der Waals surface area contributed by atoms with Gasteiger partial charge in [0.2, 0.25) is 0 Å². The molecule has 2 N–H and O–H groups in total. The number of benzene rings is 1. The van der Waals surface area contributed by atoms with Crippen LogP contribution in [-0.4, -0.2) is 20.2 Å². The van der Waals surface area contributed by atoms with Crippen molar-refractivity contribution in [3.05, 3.63) is 82.4 Å². The van der Waals surface area contributed by atoms with Gasteiger partial charge in [0.25, 0.3) is 5.69 Å². The van der Waals surface area contributed by atoms with Crippen molar-refractivity contribution in [2.45, 2.75) is 6.92 Å². The van der Waals surface area contributed by atoms with E-state index in [2.05, 4.69) is 26.2 Å². The number of nitrogens with zero attached hydrogens (tertiary/aromatic N) is 4. The van der Waals surface area contributed by atoms with E-state index < -0.39 is 5.82 Å². The van der Waals surface area contributed by atoms with Gasteiger partial charge in [-0.05, 0) is 24.6 Å². The number of fused-ring (bicyclic) bond motifs is 2. The van der Waals surface area contributed by atoms with E-state index in [-0.39, 0.29) is 16.8 Å². The average molecular weight is 397 g/mol. The first-order chi connectivity index (χ1) is 14.6. The number of nitriles is 1. The molecule has 5 aromatic rings. The quantitative estimate of drug-likeness (QED) is 0.447. The molecule has 8 heteroatoms. The Morgan fingerprint density at radius 3 is 2.77 bits per heavy atom. The number of halogens is 1. The number of hydrogen-bond acceptors (Lipinski definition) is 4. The third-order valence-corrected chi connectivity index (χ3v) is 5.06. The highest BCUT2D eigenvalue weighted by Crippen LogP contribution is 2.34. The van der Waals surface area contributed by atoms with Gasteiger partial charge in [0.05, 0.1) is 17.3 Å². The first kappa shape index (κ1) is 17.7. The van der Waals surface area contributed by atoms with Gasteiger partial charge >= 0.3 is 5.56 Å². The molecule has 0 aliphatic heterocycles. The molecule has 0 saturated heterocycles. The average Bonchev–Trinajstić information content (AvgIpc) is 3.24. The molecular formula is C22H14FN6O+. The number of aromatic nitrogens is 5. The molecule has 0 atom stereocenters.